The van der Waals surface area contributed by atoms with Gasteiger partial charge in [-0.25, -0.2) is 0 Å². The van der Waals surface area contributed by atoms with Crippen LogP contribution in [0.25, 0.3) is 0 Å². The van der Waals surface area contributed by atoms with Crippen LogP contribution in [0.4, 0.5) is 0 Å². The number of nitrogens with one attached hydrogen (secondary N) is 1. The van der Waals surface area contributed by atoms with Crippen molar-refractivity contribution >= 4 is 15.9 Å². The number of nitrogens with zero attached hydrogens (tertiary/aromatic N) is 1. The summed E-state index contributed by atoms with van der Waals surface area (Å²) in [6.07, 6.45) is 3.80. The zero-order valence-corrected chi connectivity index (χ0v) is 15.2. The lowest BCUT2D eigenvalue weighted by molar-refractivity contribution is 0.170. The highest BCUT2D eigenvalue weighted by Crippen LogP contribution is 2.16. The van der Waals surface area contributed by atoms with E-state index < -0.39 is 0 Å². The van der Waals surface area contributed by atoms with Crippen LogP contribution in [-0.4, -0.2) is 36.6 Å². The highest BCUT2D eigenvalue weighted by Gasteiger charge is 2.22. The first-order chi connectivity index (χ1) is 10.0. The fourth-order valence-corrected chi connectivity index (χ4v) is 3.45. The molecule has 2 rings (SSSR count). The van der Waals surface area contributed by atoms with E-state index in [0.717, 1.165) is 16.8 Å². The first kappa shape index (κ1) is 17.0. The molecule has 0 bridgehead atoms. The molecule has 2 unspecified atom stereocenters. The fourth-order valence-electron chi connectivity index (χ4n) is 3.19. The lowest BCUT2D eigenvalue weighted by Crippen LogP contribution is -2.44. The smallest absolute Gasteiger partial charge is 0.0195 e. The topological polar surface area (TPSA) is 15.3 Å². The summed E-state index contributed by atoms with van der Waals surface area (Å²) >= 11 is 3.51. The first-order valence-corrected chi connectivity index (χ1v) is 9.05. The maximum absolute atomic E-state index is 3.64. The SMILES string of the molecule is CC(C)CN(CC1CCCN1)C(C)Cc1ccc(Br)cc1. The maximum Gasteiger partial charge on any atom is 0.0195 e. The summed E-state index contributed by atoms with van der Waals surface area (Å²) in [6, 6.07) is 10.1. The molecule has 2 atom stereocenters. The minimum Gasteiger partial charge on any atom is -0.313 e. The fraction of sp³-hybridized carbons (Fsp3) is 0.667. The second kappa shape index (κ2) is 8.30. The Morgan fingerprint density at radius 3 is 2.52 bits per heavy atom. The van der Waals surface area contributed by atoms with Gasteiger partial charge in [0.1, 0.15) is 0 Å². The Morgan fingerprint density at radius 1 is 1.24 bits per heavy atom. The van der Waals surface area contributed by atoms with Crippen LogP contribution < -0.4 is 5.32 Å². The van der Waals surface area contributed by atoms with Crippen molar-refractivity contribution in [2.45, 2.75) is 52.1 Å². The molecule has 1 aromatic carbocycles. The Labute approximate surface area is 138 Å². The lowest BCUT2D eigenvalue weighted by atomic mass is 10.0. The molecule has 0 aliphatic carbocycles. The first-order valence-electron chi connectivity index (χ1n) is 8.26. The summed E-state index contributed by atoms with van der Waals surface area (Å²) in [5.41, 5.74) is 1.43. The summed E-state index contributed by atoms with van der Waals surface area (Å²) in [7, 11) is 0. The van der Waals surface area contributed by atoms with Crippen molar-refractivity contribution in [3.8, 4) is 0 Å². The minimum absolute atomic E-state index is 0.593. The summed E-state index contributed by atoms with van der Waals surface area (Å²) < 4.78 is 1.16. The molecule has 118 valence electrons. The largest absolute Gasteiger partial charge is 0.313 e. The Hall–Kier alpha value is -0.380. The van der Waals surface area contributed by atoms with E-state index in [-0.39, 0.29) is 0 Å². The number of benzene rings is 1. The molecule has 1 heterocycles. The monoisotopic (exact) mass is 352 g/mol. The van der Waals surface area contributed by atoms with Gasteiger partial charge in [-0.1, -0.05) is 41.9 Å². The standard InChI is InChI=1S/C18H29BrN2/c1-14(2)12-21(13-18-5-4-10-20-18)15(3)11-16-6-8-17(19)9-7-16/h6-9,14-15,18,20H,4-5,10-13H2,1-3H3. The molecule has 1 fully saturated rings. The molecule has 0 aromatic heterocycles. The van der Waals surface area contributed by atoms with Gasteiger partial charge in [0.2, 0.25) is 0 Å². The van der Waals surface area contributed by atoms with E-state index in [2.05, 4.69) is 71.2 Å². The van der Waals surface area contributed by atoms with Crippen molar-refractivity contribution in [1.29, 1.82) is 0 Å². The summed E-state index contributed by atoms with van der Waals surface area (Å²) in [5.74, 6) is 0.721. The van der Waals surface area contributed by atoms with Crippen LogP contribution in [0, 0.1) is 5.92 Å². The number of hydrogen-bond acceptors (Lipinski definition) is 2. The zero-order valence-electron chi connectivity index (χ0n) is 13.6. The molecular weight excluding hydrogens is 324 g/mol. The van der Waals surface area contributed by atoms with Crippen LogP contribution in [0.15, 0.2) is 28.7 Å². The van der Waals surface area contributed by atoms with Gasteiger partial charge in [-0.15, -0.1) is 0 Å². The highest BCUT2D eigenvalue weighted by atomic mass is 79.9. The van der Waals surface area contributed by atoms with Gasteiger partial charge in [0, 0.05) is 29.6 Å². The lowest BCUT2D eigenvalue weighted by Gasteiger charge is -2.33. The second-order valence-corrected chi connectivity index (χ2v) is 7.74. The third kappa shape index (κ3) is 5.72. The van der Waals surface area contributed by atoms with E-state index in [1.807, 2.05) is 0 Å². The van der Waals surface area contributed by atoms with Crippen molar-refractivity contribution in [3.05, 3.63) is 34.3 Å². The number of rotatable bonds is 7. The summed E-state index contributed by atoms with van der Waals surface area (Å²) in [6.45, 7) is 10.6. The Balaban J connectivity index is 1.95. The molecule has 1 N–H and O–H groups in total. The van der Waals surface area contributed by atoms with Gasteiger partial charge in [0.25, 0.3) is 0 Å². The van der Waals surface area contributed by atoms with Gasteiger partial charge in [-0.3, -0.25) is 4.90 Å². The molecule has 1 aliphatic heterocycles. The quantitative estimate of drug-likeness (QED) is 0.794. The van der Waals surface area contributed by atoms with Crippen LogP contribution in [0.2, 0.25) is 0 Å². The molecule has 0 radical (unpaired) electrons. The third-order valence-corrected chi connectivity index (χ3v) is 4.81. The van der Waals surface area contributed by atoms with Gasteiger partial charge < -0.3 is 5.32 Å². The minimum atomic E-state index is 0.593. The van der Waals surface area contributed by atoms with Crippen molar-refractivity contribution in [2.75, 3.05) is 19.6 Å². The van der Waals surface area contributed by atoms with Crippen LogP contribution >= 0.6 is 15.9 Å². The molecule has 1 aromatic rings. The van der Waals surface area contributed by atoms with Crippen LogP contribution in [0.1, 0.15) is 39.2 Å². The maximum atomic E-state index is 3.64. The summed E-state index contributed by atoms with van der Waals surface area (Å²) in [5, 5.41) is 3.64. The van der Waals surface area contributed by atoms with Gasteiger partial charge >= 0.3 is 0 Å². The highest BCUT2D eigenvalue weighted by molar-refractivity contribution is 9.10. The molecule has 0 spiro atoms. The van der Waals surface area contributed by atoms with E-state index >= 15 is 0 Å². The molecule has 0 amide bonds. The predicted molar refractivity (Wildman–Crippen MR) is 94.7 cm³/mol. The average molecular weight is 353 g/mol. The van der Waals surface area contributed by atoms with Gasteiger partial charge in [-0.05, 0) is 56.3 Å². The second-order valence-electron chi connectivity index (χ2n) is 6.82. The summed E-state index contributed by atoms with van der Waals surface area (Å²) in [4.78, 5) is 2.68. The Kier molecular flexibility index (Phi) is 6.72. The Bertz CT molecular complexity index is 410. The van der Waals surface area contributed by atoms with E-state index in [1.165, 1.54) is 38.0 Å². The van der Waals surface area contributed by atoms with Crippen molar-refractivity contribution in [3.63, 3.8) is 0 Å². The van der Waals surface area contributed by atoms with Crippen LogP contribution in [0.5, 0.6) is 0 Å². The van der Waals surface area contributed by atoms with Gasteiger partial charge in [0.05, 0.1) is 0 Å². The number of hydrogen-bond donors (Lipinski definition) is 1. The average Bonchev–Trinajstić information content (AvgIpc) is 2.93. The van der Waals surface area contributed by atoms with Gasteiger partial charge in [0.15, 0.2) is 0 Å². The van der Waals surface area contributed by atoms with E-state index in [9.17, 15) is 0 Å². The van der Waals surface area contributed by atoms with E-state index in [4.69, 9.17) is 0 Å². The molecule has 3 heteroatoms. The predicted octanol–water partition coefficient (Wildman–Crippen LogP) is 4.09. The normalized spacial score (nSPS) is 20.4. The van der Waals surface area contributed by atoms with Crippen LogP contribution in [-0.2, 0) is 6.42 Å². The molecule has 0 saturated carbocycles. The third-order valence-electron chi connectivity index (χ3n) is 4.28. The zero-order chi connectivity index (χ0) is 15.2. The van der Waals surface area contributed by atoms with Gasteiger partial charge in [-0.2, -0.15) is 0 Å². The molecule has 1 saturated heterocycles. The molecule has 2 nitrogen and oxygen atoms in total. The van der Waals surface area contributed by atoms with Crippen LogP contribution in [0.3, 0.4) is 0 Å². The van der Waals surface area contributed by atoms with Crippen molar-refractivity contribution in [1.82, 2.24) is 10.2 Å². The molecule has 21 heavy (non-hydrogen) atoms. The Morgan fingerprint density at radius 2 is 1.95 bits per heavy atom. The van der Waals surface area contributed by atoms with Crippen molar-refractivity contribution in [2.24, 2.45) is 5.92 Å². The number of halogens is 1. The van der Waals surface area contributed by atoms with Crippen molar-refractivity contribution < 1.29 is 0 Å². The van der Waals surface area contributed by atoms with E-state index in [1.54, 1.807) is 0 Å². The molecular formula is C18H29BrN2. The molecule has 1 aliphatic rings. The van der Waals surface area contributed by atoms with E-state index in [0.29, 0.717) is 12.1 Å².